The highest BCUT2D eigenvalue weighted by atomic mass is 16.5. The summed E-state index contributed by atoms with van der Waals surface area (Å²) in [6.45, 7) is 2.91. The molecule has 0 radical (unpaired) electrons. The fraction of sp³-hybridized carbons (Fsp3) is 0.600. The van der Waals surface area contributed by atoms with Crippen molar-refractivity contribution in [2.24, 2.45) is 11.3 Å². The van der Waals surface area contributed by atoms with Crippen molar-refractivity contribution in [1.29, 1.82) is 0 Å². The van der Waals surface area contributed by atoms with E-state index in [2.05, 4.69) is 17.4 Å². The Morgan fingerprint density at radius 1 is 1.27 bits per heavy atom. The molecule has 0 aromatic heterocycles. The van der Waals surface area contributed by atoms with Crippen LogP contribution in [-0.2, 0) is 16.1 Å². The minimum absolute atomic E-state index is 0.132. The molecule has 6 heteroatoms. The van der Waals surface area contributed by atoms with Gasteiger partial charge in [0.1, 0.15) is 0 Å². The van der Waals surface area contributed by atoms with E-state index >= 15 is 0 Å². The van der Waals surface area contributed by atoms with E-state index in [4.69, 9.17) is 9.84 Å². The number of carbonyl (C=O) groups is 2. The van der Waals surface area contributed by atoms with Crippen LogP contribution in [0.1, 0.15) is 37.7 Å². The van der Waals surface area contributed by atoms with Gasteiger partial charge < -0.3 is 20.1 Å². The van der Waals surface area contributed by atoms with E-state index in [-0.39, 0.29) is 11.4 Å². The highest BCUT2D eigenvalue weighted by Gasteiger charge is 2.42. The fourth-order valence-electron chi connectivity index (χ4n) is 3.48. The molecule has 0 spiro atoms. The summed E-state index contributed by atoms with van der Waals surface area (Å²) < 4.78 is 5.77. The second-order valence-corrected chi connectivity index (χ2v) is 7.57. The quantitative estimate of drug-likeness (QED) is 0.699. The molecule has 2 N–H and O–H groups in total. The smallest absolute Gasteiger partial charge is 0.317 e. The SMILES string of the molecule is O=C(O)C1CCCN(C(=O)NCC2(CCOCc3ccccc3)CC2)C1. The number of likely N-dealkylation sites (tertiary alicyclic amines) is 1. The van der Waals surface area contributed by atoms with Gasteiger partial charge in [0.2, 0.25) is 0 Å². The molecule has 1 aromatic carbocycles. The molecular formula is C20H28N2O4. The highest BCUT2D eigenvalue weighted by molar-refractivity contribution is 5.76. The lowest BCUT2D eigenvalue weighted by atomic mass is 9.98. The third-order valence-electron chi connectivity index (χ3n) is 5.52. The number of carboxylic acids is 1. The van der Waals surface area contributed by atoms with Crippen LogP contribution in [0.25, 0.3) is 0 Å². The molecule has 2 amide bonds. The van der Waals surface area contributed by atoms with Crippen molar-refractivity contribution < 1.29 is 19.4 Å². The summed E-state index contributed by atoms with van der Waals surface area (Å²) in [5.41, 5.74) is 1.33. The summed E-state index contributed by atoms with van der Waals surface area (Å²) in [7, 11) is 0. The van der Waals surface area contributed by atoms with E-state index in [1.54, 1.807) is 4.90 Å². The number of benzene rings is 1. The average molecular weight is 360 g/mol. The van der Waals surface area contributed by atoms with Crippen LogP contribution < -0.4 is 5.32 Å². The van der Waals surface area contributed by atoms with Crippen LogP contribution in [0.2, 0.25) is 0 Å². The molecule has 6 nitrogen and oxygen atoms in total. The molecule has 1 aliphatic heterocycles. The third kappa shape index (κ3) is 5.21. The van der Waals surface area contributed by atoms with Gasteiger partial charge in [0.25, 0.3) is 0 Å². The Kier molecular flexibility index (Phi) is 6.14. The van der Waals surface area contributed by atoms with E-state index in [9.17, 15) is 9.59 Å². The predicted octanol–water partition coefficient (Wildman–Crippen LogP) is 2.88. The maximum atomic E-state index is 12.3. The molecule has 1 aliphatic carbocycles. The Bertz CT molecular complexity index is 615. The molecule has 1 unspecified atom stereocenters. The minimum atomic E-state index is -0.809. The molecule has 3 rings (SSSR count). The van der Waals surface area contributed by atoms with Gasteiger partial charge in [-0.1, -0.05) is 30.3 Å². The molecule has 1 heterocycles. The fourth-order valence-corrected chi connectivity index (χ4v) is 3.48. The first-order valence-corrected chi connectivity index (χ1v) is 9.45. The molecular weight excluding hydrogens is 332 g/mol. The standard InChI is InChI=1S/C20H28N2O4/c23-18(24)17-7-4-11-22(13-17)19(25)21-15-20(8-9-20)10-12-26-14-16-5-2-1-3-6-16/h1-3,5-6,17H,4,7-15H2,(H,21,25)(H,23,24). The summed E-state index contributed by atoms with van der Waals surface area (Å²) in [5.74, 6) is -1.24. The molecule has 2 fully saturated rings. The number of hydrogen-bond donors (Lipinski definition) is 2. The van der Waals surface area contributed by atoms with E-state index < -0.39 is 11.9 Å². The molecule has 1 atom stereocenters. The summed E-state index contributed by atoms with van der Waals surface area (Å²) in [5, 5.41) is 12.1. The molecule has 1 aromatic rings. The van der Waals surface area contributed by atoms with Crippen LogP contribution in [0.4, 0.5) is 4.79 Å². The molecule has 142 valence electrons. The average Bonchev–Trinajstić information content (AvgIpc) is 3.44. The van der Waals surface area contributed by atoms with E-state index in [0.717, 1.165) is 25.7 Å². The second-order valence-electron chi connectivity index (χ2n) is 7.57. The van der Waals surface area contributed by atoms with E-state index in [1.165, 1.54) is 5.56 Å². The number of hydrogen-bond acceptors (Lipinski definition) is 3. The number of rotatable bonds is 8. The molecule has 2 aliphatic rings. The van der Waals surface area contributed by atoms with Gasteiger partial charge in [-0.05, 0) is 43.1 Å². The Morgan fingerprint density at radius 3 is 2.73 bits per heavy atom. The summed E-state index contributed by atoms with van der Waals surface area (Å²) in [6.07, 6.45) is 4.57. The highest BCUT2D eigenvalue weighted by Crippen LogP contribution is 2.48. The normalized spacial score (nSPS) is 21.2. The molecule has 1 saturated heterocycles. The van der Waals surface area contributed by atoms with Gasteiger partial charge in [0, 0.05) is 26.2 Å². The van der Waals surface area contributed by atoms with Gasteiger partial charge in [0.15, 0.2) is 0 Å². The largest absolute Gasteiger partial charge is 0.481 e. The van der Waals surface area contributed by atoms with Crippen molar-refractivity contribution in [2.45, 2.75) is 38.7 Å². The lowest BCUT2D eigenvalue weighted by Gasteiger charge is -2.31. The number of nitrogens with zero attached hydrogens (tertiary/aromatic N) is 1. The summed E-state index contributed by atoms with van der Waals surface area (Å²) >= 11 is 0. The Labute approximate surface area is 154 Å². The number of carbonyl (C=O) groups excluding carboxylic acids is 1. The molecule has 1 saturated carbocycles. The monoisotopic (exact) mass is 360 g/mol. The Hall–Kier alpha value is -2.08. The van der Waals surface area contributed by atoms with Crippen molar-refractivity contribution in [3.05, 3.63) is 35.9 Å². The Balaban J connectivity index is 1.35. The van der Waals surface area contributed by atoms with Gasteiger partial charge in [-0.3, -0.25) is 4.79 Å². The van der Waals surface area contributed by atoms with Crippen LogP contribution in [-0.4, -0.2) is 48.2 Å². The zero-order chi connectivity index (χ0) is 18.4. The molecule has 26 heavy (non-hydrogen) atoms. The van der Waals surface area contributed by atoms with E-state index in [0.29, 0.717) is 39.3 Å². The predicted molar refractivity (Wildman–Crippen MR) is 97.7 cm³/mol. The lowest BCUT2D eigenvalue weighted by Crippen LogP contribution is -2.48. The van der Waals surface area contributed by atoms with Crippen LogP contribution >= 0.6 is 0 Å². The van der Waals surface area contributed by atoms with Gasteiger partial charge >= 0.3 is 12.0 Å². The maximum Gasteiger partial charge on any atom is 0.317 e. The van der Waals surface area contributed by atoms with Crippen molar-refractivity contribution in [3.63, 3.8) is 0 Å². The third-order valence-corrected chi connectivity index (χ3v) is 5.52. The van der Waals surface area contributed by atoms with Gasteiger partial charge in [-0.25, -0.2) is 4.79 Å². The van der Waals surface area contributed by atoms with Gasteiger partial charge in [-0.2, -0.15) is 0 Å². The number of aliphatic carboxylic acids is 1. The van der Waals surface area contributed by atoms with Gasteiger partial charge in [0.05, 0.1) is 12.5 Å². The lowest BCUT2D eigenvalue weighted by molar-refractivity contribution is -0.143. The number of ether oxygens (including phenoxy) is 1. The number of nitrogens with one attached hydrogen (secondary N) is 1. The number of carboxylic acid groups (broad SMARTS) is 1. The van der Waals surface area contributed by atoms with Crippen molar-refractivity contribution >= 4 is 12.0 Å². The van der Waals surface area contributed by atoms with Crippen molar-refractivity contribution in [2.75, 3.05) is 26.2 Å². The van der Waals surface area contributed by atoms with Crippen molar-refractivity contribution in [1.82, 2.24) is 10.2 Å². The second kappa shape index (κ2) is 8.54. The van der Waals surface area contributed by atoms with Crippen LogP contribution in [0.5, 0.6) is 0 Å². The summed E-state index contributed by atoms with van der Waals surface area (Å²) in [6, 6.07) is 9.98. The maximum absolute atomic E-state index is 12.3. The first kappa shape index (κ1) is 18.7. The Morgan fingerprint density at radius 2 is 2.04 bits per heavy atom. The summed E-state index contributed by atoms with van der Waals surface area (Å²) in [4.78, 5) is 25.1. The minimum Gasteiger partial charge on any atom is -0.481 e. The topological polar surface area (TPSA) is 78.9 Å². The number of urea groups is 1. The zero-order valence-corrected chi connectivity index (χ0v) is 15.2. The number of amides is 2. The van der Waals surface area contributed by atoms with Gasteiger partial charge in [-0.15, -0.1) is 0 Å². The zero-order valence-electron chi connectivity index (χ0n) is 15.2. The molecule has 0 bridgehead atoms. The van der Waals surface area contributed by atoms with Crippen molar-refractivity contribution in [3.8, 4) is 0 Å². The van der Waals surface area contributed by atoms with Crippen LogP contribution in [0, 0.1) is 11.3 Å². The van der Waals surface area contributed by atoms with Crippen LogP contribution in [0.3, 0.4) is 0 Å². The first-order valence-electron chi connectivity index (χ1n) is 9.45. The number of piperidine rings is 1. The van der Waals surface area contributed by atoms with E-state index in [1.807, 2.05) is 18.2 Å². The first-order chi connectivity index (χ1) is 12.6. The van der Waals surface area contributed by atoms with Crippen LogP contribution in [0.15, 0.2) is 30.3 Å².